The quantitative estimate of drug-likeness (QED) is 0.608. The molecule has 0 aromatic heterocycles. The van der Waals surface area contributed by atoms with E-state index in [2.05, 4.69) is 10.2 Å². The number of halogens is 2. The van der Waals surface area contributed by atoms with Gasteiger partial charge in [0.15, 0.2) is 0 Å². The highest BCUT2D eigenvalue weighted by molar-refractivity contribution is 6.31. The first-order valence-corrected chi connectivity index (χ1v) is 10.2. The van der Waals surface area contributed by atoms with Gasteiger partial charge >= 0.3 is 0 Å². The van der Waals surface area contributed by atoms with Crippen molar-refractivity contribution in [3.8, 4) is 5.75 Å². The number of anilines is 1. The number of amides is 1. The zero-order valence-corrected chi connectivity index (χ0v) is 17.1. The van der Waals surface area contributed by atoms with Crippen LogP contribution in [0.4, 0.5) is 10.1 Å². The molecule has 0 saturated heterocycles. The van der Waals surface area contributed by atoms with E-state index in [0.717, 1.165) is 16.8 Å². The van der Waals surface area contributed by atoms with Gasteiger partial charge in [-0.15, -0.1) is 0 Å². The molecule has 6 heteroatoms. The van der Waals surface area contributed by atoms with Crippen LogP contribution in [0.1, 0.15) is 17.5 Å². The molecule has 3 aromatic rings. The maximum Gasteiger partial charge on any atom is 0.222 e. The second-order valence-electron chi connectivity index (χ2n) is 7.26. The third-order valence-electron chi connectivity index (χ3n) is 5.15. The molecule has 0 saturated carbocycles. The lowest BCUT2D eigenvalue weighted by atomic mass is 10.1. The zero-order chi connectivity index (χ0) is 20.9. The lowest BCUT2D eigenvalue weighted by molar-refractivity contribution is -0.121. The minimum Gasteiger partial charge on any atom is -0.489 e. The van der Waals surface area contributed by atoms with Gasteiger partial charge in [0.05, 0.1) is 18.2 Å². The molecule has 154 valence electrons. The summed E-state index contributed by atoms with van der Waals surface area (Å²) in [5.74, 6) is 0.0649. The van der Waals surface area contributed by atoms with Gasteiger partial charge in [-0.3, -0.25) is 4.79 Å². The molecule has 0 aliphatic carbocycles. The number of carbonyl (C=O) groups is 1. The van der Waals surface area contributed by atoms with Gasteiger partial charge < -0.3 is 15.0 Å². The number of nitrogens with zero attached hydrogens (tertiary/aromatic N) is 1. The van der Waals surface area contributed by atoms with E-state index in [1.807, 2.05) is 48.5 Å². The summed E-state index contributed by atoms with van der Waals surface area (Å²) in [5.41, 5.74) is 2.76. The van der Waals surface area contributed by atoms with Crippen molar-refractivity contribution >= 4 is 23.2 Å². The fourth-order valence-corrected chi connectivity index (χ4v) is 3.80. The van der Waals surface area contributed by atoms with Crippen LogP contribution in [0.3, 0.4) is 0 Å². The third-order valence-corrected chi connectivity index (χ3v) is 5.52. The molecule has 4 nitrogen and oxygen atoms in total. The van der Waals surface area contributed by atoms with Crippen LogP contribution in [-0.4, -0.2) is 18.6 Å². The van der Waals surface area contributed by atoms with Crippen molar-refractivity contribution in [1.82, 2.24) is 5.32 Å². The fraction of sp³-hybridized carbons (Fsp3) is 0.208. The molecule has 1 unspecified atom stereocenters. The van der Waals surface area contributed by atoms with Crippen molar-refractivity contribution in [3.05, 3.63) is 94.8 Å². The van der Waals surface area contributed by atoms with Crippen molar-refractivity contribution in [3.63, 3.8) is 0 Å². The summed E-state index contributed by atoms with van der Waals surface area (Å²) in [4.78, 5) is 14.8. The van der Waals surface area contributed by atoms with Crippen LogP contribution in [0.15, 0.2) is 72.8 Å². The van der Waals surface area contributed by atoms with E-state index in [1.54, 1.807) is 12.1 Å². The number of nitrogens with one attached hydrogen (secondary N) is 1. The first-order chi connectivity index (χ1) is 14.6. The molecule has 1 atom stereocenters. The number of benzene rings is 3. The largest absolute Gasteiger partial charge is 0.489 e. The summed E-state index contributed by atoms with van der Waals surface area (Å²) in [7, 11) is 0. The topological polar surface area (TPSA) is 41.6 Å². The van der Waals surface area contributed by atoms with Crippen LogP contribution >= 0.6 is 11.6 Å². The molecule has 1 N–H and O–H groups in total. The lowest BCUT2D eigenvalue weighted by Gasteiger charge is -2.38. The monoisotopic (exact) mass is 424 g/mol. The summed E-state index contributed by atoms with van der Waals surface area (Å²) in [6, 6.07) is 21.8. The molecule has 3 aromatic carbocycles. The Morgan fingerprint density at radius 1 is 1.10 bits per heavy atom. The fourth-order valence-electron chi connectivity index (χ4n) is 3.60. The average Bonchev–Trinajstić information content (AvgIpc) is 2.75. The standard InChI is InChI=1S/C24H22ClFN2O2/c25-21-9-5-4-8-18(21)14-27-24(29)13-20-16-30-23-12-19(26)10-11-22(23)28(20)15-17-6-2-1-3-7-17/h1-12,20H,13-16H2,(H,27,29). The van der Waals surface area contributed by atoms with Gasteiger partial charge in [0, 0.05) is 24.2 Å². The predicted molar refractivity (Wildman–Crippen MR) is 116 cm³/mol. The molecular formula is C24H22ClFN2O2. The van der Waals surface area contributed by atoms with Gasteiger partial charge in [-0.1, -0.05) is 60.1 Å². The van der Waals surface area contributed by atoms with Crippen LogP contribution in [0.2, 0.25) is 5.02 Å². The molecule has 1 heterocycles. The van der Waals surface area contributed by atoms with E-state index in [-0.39, 0.29) is 24.2 Å². The molecule has 0 radical (unpaired) electrons. The van der Waals surface area contributed by atoms with E-state index in [4.69, 9.17) is 16.3 Å². The van der Waals surface area contributed by atoms with Gasteiger partial charge in [-0.25, -0.2) is 4.39 Å². The number of hydrogen-bond donors (Lipinski definition) is 1. The van der Waals surface area contributed by atoms with Crippen LogP contribution in [0.5, 0.6) is 5.75 Å². The minimum absolute atomic E-state index is 0.0906. The Hall–Kier alpha value is -3.05. The van der Waals surface area contributed by atoms with E-state index < -0.39 is 0 Å². The Labute approximate surface area is 180 Å². The van der Waals surface area contributed by atoms with Crippen molar-refractivity contribution in [1.29, 1.82) is 0 Å². The molecule has 0 fully saturated rings. The second kappa shape index (κ2) is 9.18. The molecule has 0 spiro atoms. The van der Waals surface area contributed by atoms with E-state index in [0.29, 0.717) is 30.5 Å². The number of fused-ring (bicyclic) bond motifs is 1. The highest BCUT2D eigenvalue weighted by Crippen LogP contribution is 2.36. The second-order valence-corrected chi connectivity index (χ2v) is 7.67. The van der Waals surface area contributed by atoms with Gasteiger partial charge in [0.2, 0.25) is 5.91 Å². The minimum atomic E-state index is -0.343. The molecular weight excluding hydrogens is 403 g/mol. The van der Waals surface area contributed by atoms with E-state index >= 15 is 0 Å². The number of rotatable bonds is 6. The normalized spacial score (nSPS) is 15.3. The Balaban J connectivity index is 1.49. The maximum atomic E-state index is 13.7. The first kappa shape index (κ1) is 20.2. The molecule has 30 heavy (non-hydrogen) atoms. The summed E-state index contributed by atoms with van der Waals surface area (Å²) in [6.07, 6.45) is 0.258. The van der Waals surface area contributed by atoms with Crippen LogP contribution in [0, 0.1) is 5.82 Å². The maximum absolute atomic E-state index is 13.7. The van der Waals surface area contributed by atoms with Gasteiger partial charge in [-0.05, 0) is 29.3 Å². The highest BCUT2D eigenvalue weighted by atomic mass is 35.5. The Kier molecular flexibility index (Phi) is 6.19. The van der Waals surface area contributed by atoms with Crippen LogP contribution in [0.25, 0.3) is 0 Å². The molecule has 1 aliphatic rings. The van der Waals surface area contributed by atoms with Gasteiger partial charge in [0.1, 0.15) is 18.2 Å². The van der Waals surface area contributed by atoms with Gasteiger partial charge in [0.25, 0.3) is 0 Å². The van der Waals surface area contributed by atoms with Crippen molar-refractivity contribution < 1.29 is 13.9 Å². The van der Waals surface area contributed by atoms with Crippen molar-refractivity contribution in [2.75, 3.05) is 11.5 Å². The highest BCUT2D eigenvalue weighted by Gasteiger charge is 2.29. The Morgan fingerprint density at radius 3 is 2.67 bits per heavy atom. The predicted octanol–water partition coefficient (Wildman–Crippen LogP) is 4.95. The average molecular weight is 425 g/mol. The smallest absolute Gasteiger partial charge is 0.222 e. The number of carbonyl (C=O) groups excluding carboxylic acids is 1. The number of hydrogen-bond acceptors (Lipinski definition) is 3. The first-order valence-electron chi connectivity index (χ1n) is 9.83. The summed E-state index contributed by atoms with van der Waals surface area (Å²) in [6.45, 7) is 1.28. The molecule has 1 aliphatic heterocycles. The number of ether oxygens (including phenoxy) is 1. The summed E-state index contributed by atoms with van der Waals surface area (Å²) in [5, 5.41) is 3.56. The van der Waals surface area contributed by atoms with Gasteiger partial charge in [-0.2, -0.15) is 0 Å². The lowest BCUT2D eigenvalue weighted by Crippen LogP contribution is -2.45. The molecule has 0 bridgehead atoms. The van der Waals surface area contributed by atoms with Crippen molar-refractivity contribution in [2.24, 2.45) is 0 Å². The molecule has 4 rings (SSSR count). The Bertz CT molecular complexity index is 1030. The molecule has 1 amide bonds. The van der Waals surface area contributed by atoms with Crippen LogP contribution in [-0.2, 0) is 17.9 Å². The Morgan fingerprint density at radius 2 is 1.87 bits per heavy atom. The summed E-state index contributed by atoms with van der Waals surface area (Å²) >= 11 is 6.17. The zero-order valence-electron chi connectivity index (χ0n) is 16.4. The SMILES string of the molecule is O=C(CC1COc2cc(F)ccc2N1Cc1ccccc1)NCc1ccccc1Cl. The van der Waals surface area contributed by atoms with E-state index in [9.17, 15) is 9.18 Å². The summed E-state index contributed by atoms with van der Waals surface area (Å²) < 4.78 is 19.5. The van der Waals surface area contributed by atoms with Crippen LogP contribution < -0.4 is 15.0 Å². The third kappa shape index (κ3) is 4.74. The van der Waals surface area contributed by atoms with Crippen molar-refractivity contribution in [2.45, 2.75) is 25.6 Å². The van der Waals surface area contributed by atoms with E-state index in [1.165, 1.54) is 12.1 Å².